The van der Waals surface area contributed by atoms with Crippen molar-refractivity contribution in [2.45, 2.75) is 6.92 Å². The number of carbonyl (C=O) groups is 2. The number of carbonyl (C=O) groups excluding carboxylic acids is 2. The highest BCUT2D eigenvalue weighted by Gasteiger charge is 2.20. The molecule has 0 bridgehead atoms. The molecule has 168 valence electrons. The first-order chi connectivity index (χ1) is 15.4. The molecule has 0 atom stereocenters. The maximum atomic E-state index is 12.4. The first-order valence-corrected chi connectivity index (χ1v) is 10.4. The Kier molecular flexibility index (Phi) is 7.93. The quantitative estimate of drug-likeness (QED) is 0.292. The van der Waals surface area contributed by atoms with Gasteiger partial charge in [-0.05, 0) is 36.8 Å². The largest absolute Gasteiger partial charge is 0.463 e. The van der Waals surface area contributed by atoms with Crippen molar-refractivity contribution in [1.29, 1.82) is 0 Å². The molecule has 1 aliphatic heterocycles. The Morgan fingerprint density at radius 3 is 2.50 bits per heavy atom. The summed E-state index contributed by atoms with van der Waals surface area (Å²) in [4.78, 5) is 38.5. The lowest BCUT2D eigenvalue weighted by molar-refractivity contribution is -0.384. The Balaban J connectivity index is 1.45. The van der Waals surface area contributed by atoms with Gasteiger partial charge in [0.2, 0.25) is 5.91 Å². The Hall–Kier alpha value is -3.72. The zero-order chi connectivity index (χ0) is 22.9. The molecule has 1 saturated heterocycles. The number of nitro benzene ring substituents is 1. The predicted molar refractivity (Wildman–Crippen MR) is 122 cm³/mol. The summed E-state index contributed by atoms with van der Waals surface area (Å²) in [6.45, 7) is 5.11. The number of nitrogens with zero attached hydrogens (tertiary/aromatic N) is 3. The number of benzene rings is 2. The number of anilines is 2. The monoisotopic (exact) mass is 438 g/mol. The van der Waals surface area contributed by atoms with Crippen LogP contribution in [-0.2, 0) is 14.3 Å². The normalized spacial score (nSPS) is 14.3. The van der Waals surface area contributed by atoms with Crippen LogP contribution in [0.5, 0.6) is 0 Å². The standard InChI is InChI=1S/C23H26N4O5/c1-2-32-23(29)11-8-18-6-9-19(10-7-18)24-22(28)17-25-12-14-26(15-13-25)20-4-3-5-21(16-20)27(30)31/h3-11,16H,2,12-15,17H2,1H3,(H,24,28)/b11-8+. The second-order valence-electron chi connectivity index (χ2n) is 7.30. The lowest BCUT2D eigenvalue weighted by Crippen LogP contribution is -2.48. The Morgan fingerprint density at radius 1 is 1.12 bits per heavy atom. The van der Waals surface area contributed by atoms with E-state index in [-0.39, 0.29) is 18.1 Å². The van der Waals surface area contributed by atoms with Crippen LogP contribution in [-0.4, -0.2) is 61.0 Å². The molecule has 1 fully saturated rings. The molecular formula is C23H26N4O5. The van der Waals surface area contributed by atoms with Crippen LogP contribution in [0.2, 0.25) is 0 Å². The van der Waals surface area contributed by atoms with Gasteiger partial charge < -0.3 is 15.0 Å². The summed E-state index contributed by atoms with van der Waals surface area (Å²) >= 11 is 0. The molecule has 0 aliphatic carbocycles. The highest BCUT2D eigenvalue weighted by molar-refractivity contribution is 5.92. The Bertz CT molecular complexity index is 982. The average Bonchev–Trinajstić information content (AvgIpc) is 2.79. The molecule has 2 aromatic rings. The molecule has 1 heterocycles. The summed E-state index contributed by atoms with van der Waals surface area (Å²) in [6, 6.07) is 13.8. The fraction of sp³-hybridized carbons (Fsp3) is 0.304. The van der Waals surface area contributed by atoms with Gasteiger partial charge in [-0.3, -0.25) is 19.8 Å². The molecule has 1 N–H and O–H groups in total. The summed E-state index contributed by atoms with van der Waals surface area (Å²) in [5, 5.41) is 13.9. The Morgan fingerprint density at radius 2 is 1.84 bits per heavy atom. The lowest BCUT2D eigenvalue weighted by Gasteiger charge is -2.35. The van der Waals surface area contributed by atoms with Gasteiger partial charge in [0.25, 0.3) is 5.69 Å². The van der Waals surface area contributed by atoms with Crippen LogP contribution >= 0.6 is 0 Å². The Labute approximate surface area is 186 Å². The number of piperazine rings is 1. The van der Waals surface area contributed by atoms with Crippen molar-refractivity contribution in [1.82, 2.24) is 4.90 Å². The topological polar surface area (TPSA) is 105 Å². The van der Waals surface area contributed by atoms with Crippen molar-refractivity contribution in [3.8, 4) is 0 Å². The number of rotatable bonds is 8. The highest BCUT2D eigenvalue weighted by Crippen LogP contribution is 2.22. The second-order valence-corrected chi connectivity index (χ2v) is 7.30. The summed E-state index contributed by atoms with van der Waals surface area (Å²) in [5.41, 5.74) is 2.40. The van der Waals surface area contributed by atoms with Crippen LogP contribution in [0.15, 0.2) is 54.6 Å². The van der Waals surface area contributed by atoms with Gasteiger partial charge in [-0.2, -0.15) is 0 Å². The fourth-order valence-corrected chi connectivity index (χ4v) is 3.40. The highest BCUT2D eigenvalue weighted by atomic mass is 16.6. The molecular weight excluding hydrogens is 412 g/mol. The maximum absolute atomic E-state index is 12.4. The van der Waals surface area contributed by atoms with Crippen molar-refractivity contribution in [2.24, 2.45) is 0 Å². The molecule has 2 aromatic carbocycles. The third-order valence-electron chi connectivity index (χ3n) is 5.04. The fourth-order valence-electron chi connectivity index (χ4n) is 3.40. The van der Waals surface area contributed by atoms with E-state index in [1.165, 1.54) is 12.1 Å². The first-order valence-electron chi connectivity index (χ1n) is 10.4. The van der Waals surface area contributed by atoms with Crippen molar-refractivity contribution in [2.75, 3.05) is 49.5 Å². The number of esters is 1. The smallest absolute Gasteiger partial charge is 0.330 e. The molecule has 32 heavy (non-hydrogen) atoms. The first kappa shape index (κ1) is 23.0. The van der Waals surface area contributed by atoms with E-state index in [1.54, 1.807) is 37.3 Å². The zero-order valence-electron chi connectivity index (χ0n) is 17.9. The van der Waals surface area contributed by atoms with E-state index in [0.717, 1.165) is 11.3 Å². The molecule has 1 amide bonds. The molecule has 3 rings (SSSR count). The van der Waals surface area contributed by atoms with E-state index in [2.05, 4.69) is 15.1 Å². The van der Waals surface area contributed by atoms with Crippen LogP contribution < -0.4 is 10.2 Å². The second kappa shape index (κ2) is 11.1. The van der Waals surface area contributed by atoms with Gasteiger partial charge in [0.15, 0.2) is 0 Å². The number of hydrogen-bond donors (Lipinski definition) is 1. The molecule has 9 heteroatoms. The minimum absolute atomic E-state index is 0.0757. The van der Waals surface area contributed by atoms with Gasteiger partial charge in [0, 0.05) is 55.8 Å². The van der Waals surface area contributed by atoms with E-state index in [9.17, 15) is 19.7 Å². The summed E-state index contributed by atoms with van der Waals surface area (Å²) in [6.07, 6.45) is 3.02. The van der Waals surface area contributed by atoms with Crippen molar-refractivity contribution < 1.29 is 19.2 Å². The number of hydrogen-bond acceptors (Lipinski definition) is 7. The average molecular weight is 438 g/mol. The molecule has 0 unspecified atom stereocenters. The van der Waals surface area contributed by atoms with Gasteiger partial charge in [0.05, 0.1) is 18.1 Å². The van der Waals surface area contributed by atoms with Crippen LogP contribution in [0.3, 0.4) is 0 Å². The summed E-state index contributed by atoms with van der Waals surface area (Å²) < 4.78 is 4.84. The number of ether oxygens (including phenoxy) is 1. The summed E-state index contributed by atoms with van der Waals surface area (Å²) in [5.74, 6) is -0.501. The number of nitro groups is 1. The third-order valence-corrected chi connectivity index (χ3v) is 5.04. The van der Waals surface area contributed by atoms with E-state index in [0.29, 0.717) is 38.5 Å². The summed E-state index contributed by atoms with van der Waals surface area (Å²) in [7, 11) is 0. The van der Waals surface area contributed by atoms with Gasteiger partial charge in [0.1, 0.15) is 0 Å². The van der Waals surface area contributed by atoms with Crippen LogP contribution in [0.4, 0.5) is 17.1 Å². The number of nitrogens with one attached hydrogen (secondary N) is 1. The molecule has 0 saturated carbocycles. The van der Waals surface area contributed by atoms with Gasteiger partial charge in [-0.1, -0.05) is 18.2 Å². The molecule has 0 radical (unpaired) electrons. The minimum Gasteiger partial charge on any atom is -0.463 e. The van der Waals surface area contributed by atoms with Crippen LogP contribution in [0.25, 0.3) is 6.08 Å². The van der Waals surface area contributed by atoms with Gasteiger partial charge >= 0.3 is 5.97 Å². The zero-order valence-corrected chi connectivity index (χ0v) is 17.9. The lowest BCUT2D eigenvalue weighted by atomic mass is 10.2. The van der Waals surface area contributed by atoms with E-state index >= 15 is 0 Å². The van der Waals surface area contributed by atoms with E-state index in [1.807, 2.05) is 18.2 Å². The molecule has 0 aromatic heterocycles. The van der Waals surface area contributed by atoms with Crippen LogP contribution in [0, 0.1) is 10.1 Å². The SMILES string of the molecule is CCOC(=O)/C=C/c1ccc(NC(=O)CN2CCN(c3cccc([N+](=O)[O-])c3)CC2)cc1. The minimum atomic E-state index is -0.396. The molecule has 9 nitrogen and oxygen atoms in total. The number of non-ortho nitro benzene ring substituents is 1. The van der Waals surface area contributed by atoms with Crippen molar-refractivity contribution >= 4 is 35.0 Å². The third kappa shape index (κ3) is 6.64. The van der Waals surface area contributed by atoms with Crippen molar-refractivity contribution in [3.05, 3.63) is 70.3 Å². The van der Waals surface area contributed by atoms with Crippen LogP contribution in [0.1, 0.15) is 12.5 Å². The van der Waals surface area contributed by atoms with Crippen molar-refractivity contribution in [3.63, 3.8) is 0 Å². The van der Waals surface area contributed by atoms with Gasteiger partial charge in [-0.15, -0.1) is 0 Å². The van der Waals surface area contributed by atoms with E-state index < -0.39 is 10.9 Å². The number of amides is 1. The van der Waals surface area contributed by atoms with E-state index in [4.69, 9.17) is 4.74 Å². The maximum Gasteiger partial charge on any atom is 0.330 e. The van der Waals surface area contributed by atoms with Gasteiger partial charge in [-0.25, -0.2) is 4.79 Å². The predicted octanol–water partition coefficient (Wildman–Crippen LogP) is 2.93. The molecule has 1 aliphatic rings. The molecule has 0 spiro atoms.